The lowest BCUT2D eigenvalue weighted by Gasteiger charge is -2.18. The number of hydrogen-bond donors (Lipinski definition) is 4. The Morgan fingerprint density at radius 2 is 2.07 bits per heavy atom. The van der Waals surface area contributed by atoms with Gasteiger partial charge in [-0.25, -0.2) is 9.78 Å². The molecule has 0 bridgehead atoms. The van der Waals surface area contributed by atoms with Crippen molar-refractivity contribution in [3.63, 3.8) is 0 Å². The maximum absolute atomic E-state index is 11.4. The van der Waals surface area contributed by atoms with Crippen LogP contribution in [0.3, 0.4) is 0 Å². The van der Waals surface area contributed by atoms with Crippen molar-refractivity contribution in [2.24, 2.45) is 5.16 Å². The number of carbonyl (C=O) groups is 1. The van der Waals surface area contributed by atoms with E-state index >= 15 is 0 Å². The number of nitrogens with zero attached hydrogens (tertiary/aromatic N) is 3. The van der Waals surface area contributed by atoms with E-state index in [0.717, 1.165) is 7.11 Å². The molecule has 2 rings (SSSR count). The third-order valence-corrected chi connectivity index (χ3v) is 3.58. The largest absolute Gasteiger partial charge is 0.453 e. The second-order valence-electron chi connectivity index (χ2n) is 5.38. The number of nitro groups is 1. The first kappa shape index (κ1) is 19.4. The third-order valence-electron chi connectivity index (χ3n) is 3.58. The maximum atomic E-state index is 11.4. The van der Waals surface area contributed by atoms with Gasteiger partial charge in [-0.05, 0) is 6.92 Å². The van der Waals surface area contributed by atoms with Crippen LogP contribution in [0.25, 0.3) is 0 Å². The minimum absolute atomic E-state index is 0.0107. The van der Waals surface area contributed by atoms with Gasteiger partial charge in [0.25, 0.3) is 0 Å². The molecule has 5 N–H and O–H groups in total. The van der Waals surface area contributed by atoms with Crippen LogP contribution in [0.15, 0.2) is 41.6 Å². The molecule has 1 amide bonds. The molecule has 1 aromatic carbocycles. The number of carbonyl (C=O) groups excluding carboxylic acids is 1. The van der Waals surface area contributed by atoms with Gasteiger partial charge in [-0.2, -0.15) is 0 Å². The highest BCUT2D eigenvalue weighted by Gasteiger charge is 2.25. The second kappa shape index (κ2) is 8.47. The first-order valence-electron chi connectivity index (χ1n) is 7.71. The van der Waals surface area contributed by atoms with Gasteiger partial charge in [0, 0.05) is 11.6 Å². The number of aromatic nitrogens is 1. The number of methoxy groups -OCH3 is 1. The highest BCUT2D eigenvalue weighted by atomic mass is 16.6. The molecule has 11 heteroatoms. The van der Waals surface area contributed by atoms with Crippen molar-refractivity contribution in [2.45, 2.75) is 13.0 Å². The Labute approximate surface area is 154 Å². The predicted molar refractivity (Wildman–Crippen MR) is 99.2 cm³/mol. The summed E-state index contributed by atoms with van der Waals surface area (Å²) in [6, 6.07) is 9.39. The minimum Gasteiger partial charge on any atom is -0.453 e. The number of pyridine rings is 1. The minimum atomic E-state index is -0.809. The van der Waals surface area contributed by atoms with Crippen molar-refractivity contribution in [1.29, 1.82) is 0 Å². The van der Waals surface area contributed by atoms with E-state index < -0.39 is 28.6 Å². The molecular formula is C16H18N6O5. The normalized spacial score (nSPS) is 12.1. The van der Waals surface area contributed by atoms with Crippen LogP contribution in [0.4, 0.5) is 27.8 Å². The molecule has 0 aliphatic heterocycles. The molecule has 0 saturated carbocycles. The average molecular weight is 374 g/mol. The molecule has 0 spiro atoms. The summed E-state index contributed by atoms with van der Waals surface area (Å²) < 4.78 is 4.47. The van der Waals surface area contributed by atoms with E-state index in [1.54, 1.807) is 37.3 Å². The van der Waals surface area contributed by atoms with Crippen molar-refractivity contribution in [1.82, 2.24) is 4.98 Å². The summed E-state index contributed by atoms with van der Waals surface area (Å²) in [5, 5.41) is 29.2. The van der Waals surface area contributed by atoms with Gasteiger partial charge in [0.15, 0.2) is 0 Å². The lowest BCUT2D eigenvalue weighted by atomic mass is 10.0. The fraction of sp³-hybridized carbons (Fsp3) is 0.188. The molecule has 11 nitrogen and oxygen atoms in total. The Morgan fingerprint density at radius 1 is 1.41 bits per heavy atom. The van der Waals surface area contributed by atoms with Gasteiger partial charge in [0.1, 0.15) is 17.2 Å². The van der Waals surface area contributed by atoms with E-state index in [1.807, 2.05) is 0 Å². The SMILES string of the molecule is COC(=O)Nc1cc(NC(C)/C(=N/O)c2ccccc2)c([N+](=O)[O-])c(N)n1. The van der Waals surface area contributed by atoms with Gasteiger partial charge in [-0.1, -0.05) is 35.5 Å². The second-order valence-corrected chi connectivity index (χ2v) is 5.38. The molecule has 1 aromatic heterocycles. The fourth-order valence-corrected chi connectivity index (χ4v) is 2.38. The molecule has 0 fully saturated rings. The zero-order valence-corrected chi connectivity index (χ0v) is 14.5. The predicted octanol–water partition coefficient (Wildman–Crippen LogP) is 2.43. The van der Waals surface area contributed by atoms with E-state index in [9.17, 15) is 20.1 Å². The number of benzene rings is 1. The number of nitrogen functional groups attached to an aromatic ring is 1. The van der Waals surface area contributed by atoms with Crippen molar-refractivity contribution in [2.75, 3.05) is 23.5 Å². The van der Waals surface area contributed by atoms with Crippen LogP contribution in [0, 0.1) is 10.1 Å². The van der Waals surface area contributed by atoms with Crippen LogP contribution in [0.1, 0.15) is 12.5 Å². The number of oxime groups is 1. The van der Waals surface area contributed by atoms with E-state index in [1.165, 1.54) is 6.07 Å². The summed E-state index contributed by atoms with van der Waals surface area (Å²) in [5.74, 6) is -0.437. The van der Waals surface area contributed by atoms with Crippen LogP contribution in [-0.4, -0.2) is 40.1 Å². The molecule has 27 heavy (non-hydrogen) atoms. The Kier molecular flexibility index (Phi) is 6.10. The van der Waals surface area contributed by atoms with Gasteiger partial charge < -0.3 is 21.0 Å². The van der Waals surface area contributed by atoms with Crippen molar-refractivity contribution < 1.29 is 19.7 Å². The van der Waals surface area contributed by atoms with Crippen LogP contribution < -0.4 is 16.4 Å². The molecule has 0 aliphatic rings. The van der Waals surface area contributed by atoms with Gasteiger partial charge in [-0.3, -0.25) is 15.4 Å². The highest BCUT2D eigenvalue weighted by Crippen LogP contribution is 2.32. The van der Waals surface area contributed by atoms with Crippen LogP contribution >= 0.6 is 0 Å². The van der Waals surface area contributed by atoms with Gasteiger partial charge in [0.2, 0.25) is 5.82 Å². The number of ether oxygens (including phenoxy) is 1. The summed E-state index contributed by atoms with van der Waals surface area (Å²) in [5.41, 5.74) is 6.07. The van der Waals surface area contributed by atoms with Gasteiger partial charge >= 0.3 is 11.8 Å². The third kappa shape index (κ3) is 4.60. The van der Waals surface area contributed by atoms with Crippen LogP contribution in [0.5, 0.6) is 0 Å². The van der Waals surface area contributed by atoms with Gasteiger partial charge in [0.05, 0.1) is 18.1 Å². The van der Waals surface area contributed by atoms with Crippen molar-refractivity contribution in [3.05, 3.63) is 52.1 Å². The first-order chi connectivity index (χ1) is 12.9. The molecule has 1 unspecified atom stereocenters. The number of hydrogen-bond acceptors (Lipinski definition) is 9. The molecule has 0 aliphatic carbocycles. The molecule has 142 valence electrons. The standard InChI is InChI=1S/C16H18N6O5/c1-9(13(21-24)10-6-4-3-5-7-10)18-11-8-12(20-16(23)27-2)19-15(17)14(11)22(25)26/h3-9,24H,1-2H3,(H4,17,18,19,20,23)/b21-13-. The number of amides is 1. The Morgan fingerprint density at radius 3 is 2.63 bits per heavy atom. The summed E-state index contributed by atoms with van der Waals surface area (Å²) >= 11 is 0. The zero-order chi connectivity index (χ0) is 20.0. The van der Waals surface area contributed by atoms with Crippen LogP contribution in [-0.2, 0) is 4.74 Å². The quantitative estimate of drug-likeness (QED) is 0.259. The topological polar surface area (TPSA) is 165 Å². The zero-order valence-electron chi connectivity index (χ0n) is 14.5. The Bertz CT molecular complexity index is 871. The molecule has 1 heterocycles. The van der Waals surface area contributed by atoms with E-state index in [4.69, 9.17) is 5.73 Å². The lowest BCUT2D eigenvalue weighted by Crippen LogP contribution is -2.28. The molecule has 0 radical (unpaired) electrons. The average Bonchev–Trinajstić information content (AvgIpc) is 2.62. The van der Waals surface area contributed by atoms with Crippen LogP contribution in [0.2, 0.25) is 0 Å². The van der Waals surface area contributed by atoms with E-state index in [-0.39, 0.29) is 17.2 Å². The van der Waals surface area contributed by atoms with E-state index in [2.05, 4.69) is 25.5 Å². The fourth-order valence-electron chi connectivity index (χ4n) is 2.38. The van der Waals surface area contributed by atoms with Crippen molar-refractivity contribution in [3.8, 4) is 0 Å². The lowest BCUT2D eigenvalue weighted by molar-refractivity contribution is -0.383. The maximum Gasteiger partial charge on any atom is 0.412 e. The first-order valence-corrected chi connectivity index (χ1v) is 7.71. The van der Waals surface area contributed by atoms with E-state index in [0.29, 0.717) is 5.56 Å². The summed E-state index contributed by atoms with van der Waals surface area (Å²) in [7, 11) is 1.16. The molecular weight excluding hydrogens is 356 g/mol. The molecule has 1 atom stereocenters. The summed E-state index contributed by atoms with van der Waals surface area (Å²) in [4.78, 5) is 25.8. The smallest absolute Gasteiger partial charge is 0.412 e. The Hall–Kier alpha value is -3.89. The van der Waals surface area contributed by atoms with Gasteiger partial charge in [-0.15, -0.1) is 0 Å². The van der Waals surface area contributed by atoms with Crippen molar-refractivity contribution >= 4 is 34.8 Å². The Balaban J connectivity index is 2.40. The number of nitrogens with two attached hydrogens (primary N) is 1. The summed E-state index contributed by atoms with van der Waals surface area (Å²) in [6.45, 7) is 1.65. The summed E-state index contributed by atoms with van der Waals surface area (Å²) in [6.07, 6.45) is -0.809. The molecule has 2 aromatic rings. The molecule has 0 saturated heterocycles. The monoisotopic (exact) mass is 374 g/mol. The number of rotatable bonds is 6. The number of anilines is 3. The number of nitrogens with one attached hydrogen (secondary N) is 2. The highest BCUT2D eigenvalue weighted by molar-refractivity contribution is 6.05.